The van der Waals surface area contributed by atoms with E-state index in [1.54, 1.807) is 0 Å². The minimum Gasteiger partial charge on any atom is -0.481 e. The van der Waals surface area contributed by atoms with Crippen LogP contribution in [0.3, 0.4) is 0 Å². The molecule has 0 aromatic carbocycles. The highest BCUT2D eigenvalue weighted by Crippen LogP contribution is 2.45. The first-order valence-corrected chi connectivity index (χ1v) is 5.17. The Morgan fingerprint density at radius 2 is 2.07 bits per heavy atom. The van der Waals surface area contributed by atoms with Crippen molar-refractivity contribution in [3.05, 3.63) is 23.8 Å². The van der Waals surface area contributed by atoms with E-state index in [2.05, 4.69) is 13.8 Å². The molecule has 1 N–H and O–H groups in total. The molecule has 2 nitrogen and oxygen atoms in total. The fourth-order valence-electron chi connectivity index (χ4n) is 2.47. The van der Waals surface area contributed by atoms with Gasteiger partial charge in [0.15, 0.2) is 0 Å². The average molecular weight is 194 g/mol. The molecule has 0 amide bonds. The van der Waals surface area contributed by atoms with Gasteiger partial charge in [0.1, 0.15) is 0 Å². The lowest BCUT2D eigenvalue weighted by Gasteiger charge is -2.38. The number of aliphatic carboxylic acids is 1. The summed E-state index contributed by atoms with van der Waals surface area (Å²) in [6, 6.07) is 0. The molecule has 1 rings (SSSR count). The number of rotatable bonds is 3. The monoisotopic (exact) mass is 194 g/mol. The number of carbonyl (C=O) groups is 1. The lowest BCUT2D eigenvalue weighted by atomic mass is 9.64. The average Bonchev–Trinajstić information content (AvgIpc) is 2.17. The fourth-order valence-corrected chi connectivity index (χ4v) is 2.47. The summed E-state index contributed by atoms with van der Waals surface area (Å²) < 4.78 is 0. The maximum absolute atomic E-state index is 11.2. The summed E-state index contributed by atoms with van der Waals surface area (Å²) in [6.45, 7) is 6.16. The first kappa shape index (κ1) is 11.0. The van der Waals surface area contributed by atoms with E-state index in [1.165, 1.54) is 5.57 Å². The third kappa shape index (κ3) is 1.49. The van der Waals surface area contributed by atoms with Gasteiger partial charge in [0, 0.05) is 5.41 Å². The molecule has 1 aliphatic rings. The molecule has 0 saturated heterocycles. The Hall–Kier alpha value is -1.05. The molecule has 0 aromatic rings. The Bertz CT molecular complexity index is 283. The van der Waals surface area contributed by atoms with Gasteiger partial charge < -0.3 is 5.11 Å². The van der Waals surface area contributed by atoms with Crippen molar-refractivity contribution >= 4 is 5.97 Å². The van der Waals surface area contributed by atoms with Gasteiger partial charge in [-0.1, -0.05) is 37.6 Å². The fraction of sp³-hybridized carbons (Fsp3) is 0.583. The third-order valence-electron chi connectivity index (χ3n) is 3.56. The molecule has 78 valence electrons. The smallest absolute Gasteiger partial charge is 0.311 e. The van der Waals surface area contributed by atoms with E-state index in [0.29, 0.717) is 0 Å². The van der Waals surface area contributed by atoms with Crippen LogP contribution < -0.4 is 0 Å². The summed E-state index contributed by atoms with van der Waals surface area (Å²) >= 11 is 0. The van der Waals surface area contributed by atoms with Crippen LogP contribution in [0.25, 0.3) is 0 Å². The lowest BCUT2D eigenvalue weighted by molar-refractivity contribution is -0.143. The molecule has 0 aromatic heterocycles. The van der Waals surface area contributed by atoms with Crippen molar-refractivity contribution in [2.75, 3.05) is 0 Å². The van der Waals surface area contributed by atoms with Gasteiger partial charge in [-0.25, -0.2) is 0 Å². The zero-order valence-electron chi connectivity index (χ0n) is 9.08. The summed E-state index contributed by atoms with van der Waals surface area (Å²) in [5, 5.41) is 9.18. The van der Waals surface area contributed by atoms with Gasteiger partial charge in [-0.2, -0.15) is 0 Å². The number of hydrogen-bond donors (Lipinski definition) is 1. The molecule has 1 atom stereocenters. The van der Waals surface area contributed by atoms with E-state index in [9.17, 15) is 9.90 Å². The molecule has 2 heteroatoms. The Balaban J connectivity index is 3.13. The summed E-state index contributed by atoms with van der Waals surface area (Å²) in [7, 11) is 0. The van der Waals surface area contributed by atoms with E-state index < -0.39 is 5.97 Å². The minimum absolute atomic E-state index is 0.166. The van der Waals surface area contributed by atoms with Crippen molar-refractivity contribution in [1.29, 1.82) is 0 Å². The Morgan fingerprint density at radius 3 is 2.43 bits per heavy atom. The van der Waals surface area contributed by atoms with E-state index in [1.807, 2.05) is 25.2 Å². The van der Waals surface area contributed by atoms with Crippen molar-refractivity contribution in [2.24, 2.45) is 11.3 Å². The van der Waals surface area contributed by atoms with Crippen LogP contribution in [0.5, 0.6) is 0 Å². The second-order valence-corrected chi connectivity index (χ2v) is 3.91. The largest absolute Gasteiger partial charge is 0.481 e. The second kappa shape index (κ2) is 3.99. The van der Waals surface area contributed by atoms with Crippen molar-refractivity contribution in [2.45, 2.75) is 33.6 Å². The molecular weight excluding hydrogens is 176 g/mol. The van der Waals surface area contributed by atoms with Crippen LogP contribution in [0.15, 0.2) is 23.8 Å². The van der Waals surface area contributed by atoms with Crippen LogP contribution in [0.4, 0.5) is 0 Å². The maximum Gasteiger partial charge on any atom is 0.311 e. The summed E-state index contributed by atoms with van der Waals surface area (Å²) in [5.41, 5.74) is 1.03. The van der Waals surface area contributed by atoms with Crippen LogP contribution in [0, 0.1) is 11.3 Å². The molecule has 0 spiro atoms. The molecule has 14 heavy (non-hydrogen) atoms. The summed E-state index contributed by atoms with van der Waals surface area (Å²) in [5.74, 6) is -1.07. The first-order chi connectivity index (χ1) is 6.58. The number of carboxylic acids is 1. The van der Waals surface area contributed by atoms with Gasteiger partial charge in [0.25, 0.3) is 0 Å². The van der Waals surface area contributed by atoms with Crippen molar-refractivity contribution in [3.8, 4) is 0 Å². The Morgan fingerprint density at radius 1 is 1.50 bits per heavy atom. The predicted molar refractivity (Wildman–Crippen MR) is 57.0 cm³/mol. The van der Waals surface area contributed by atoms with Gasteiger partial charge in [-0.3, -0.25) is 4.79 Å². The molecule has 0 heterocycles. The number of allylic oxidation sites excluding steroid dienone is 3. The van der Waals surface area contributed by atoms with Gasteiger partial charge in [-0.05, 0) is 19.8 Å². The highest BCUT2D eigenvalue weighted by atomic mass is 16.4. The maximum atomic E-state index is 11.2. The van der Waals surface area contributed by atoms with Gasteiger partial charge in [0.2, 0.25) is 0 Å². The highest BCUT2D eigenvalue weighted by molar-refractivity contribution is 5.74. The van der Waals surface area contributed by atoms with Gasteiger partial charge in [0.05, 0.1) is 5.92 Å². The van der Waals surface area contributed by atoms with E-state index in [-0.39, 0.29) is 11.3 Å². The predicted octanol–water partition coefficient (Wildman–Crippen LogP) is 3.01. The van der Waals surface area contributed by atoms with Crippen LogP contribution >= 0.6 is 0 Å². The zero-order chi connectivity index (χ0) is 10.8. The SMILES string of the molecule is CCC1(CC)C(C)=CC=CC1C(=O)O. The number of carboxylic acid groups (broad SMARTS) is 1. The number of hydrogen-bond acceptors (Lipinski definition) is 1. The normalized spacial score (nSPS) is 24.5. The zero-order valence-corrected chi connectivity index (χ0v) is 9.08. The molecule has 0 bridgehead atoms. The van der Waals surface area contributed by atoms with Gasteiger partial charge >= 0.3 is 5.97 Å². The topological polar surface area (TPSA) is 37.3 Å². The molecule has 0 radical (unpaired) electrons. The Labute approximate surface area is 85.3 Å². The van der Waals surface area contributed by atoms with Gasteiger partial charge in [-0.15, -0.1) is 0 Å². The molecule has 0 fully saturated rings. The molecule has 0 aliphatic heterocycles. The second-order valence-electron chi connectivity index (χ2n) is 3.91. The summed E-state index contributed by atoms with van der Waals surface area (Å²) in [4.78, 5) is 11.2. The van der Waals surface area contributed by atoms with Crippen LogP contribution in [0.2, 0.25) is 0 Å². The quantitative estimate of drug-likeness (QED) is 0.749. The van der Waals surface area contributed by atoms with Crippen molar-refractivity contribution in [3.63, 3.8) is 0 Å². The van der Waals surface area contributed by atoms with Crippen molar-refractivity contribution < 1.29 is 9.90 Å². The molecule has 0 saturated carbocycles. The van der Waals surface area contributed by atoms with Crippen molar-refractivity contribution in [1.82, 2.24) is 0 Å². The minimum atomic E-state index is -0.711. The summed E-state index contributed by atoms with van der Waals surface area (Å²) in [6.07, 6.45) is 7.47. The Kier molecular flexibility index (Phi) is 3.14. The van der Waals surface area contributed by atoms with Crippen LogP contribution in [0.1, 0.15) is 33.6 Å². The van der Waals surface area contributed by atoms with Crippen LogP contribution in [-0.4, -0.2) is 11.1 Å². The van der Waals surface area contributed by atoms with E-state index in [4.69, 9.17) is 0 Å². The highest BCUT2D eigenvalue weighted by Gasteiger charge is 2.41. The first-order valence-electron chi connectivity index (χ1n) is 5.17. The van der Waals surface area contributed by atoms with E-state index in [0.717, 1.165) is 12.8 Å². The molecular formula is C12H18O2. The van der Waals surface area contributed by atoms with Crippen LogP contribution in [-0.2, 0) is 4.79 Å². The molecule has 1 unspecified atom stereocenters. The lowest BCUT2D eigenvalue weighted by Crippen LogP contribution is -2.36. The standard InChI is InChI=1S/C12H18O2/c1-4-12(5-2)9(3)7-6-8-10(12)11(13)14/h6-8,10H,4-5H2,1-3H3,(H,13,14). The van der Waals surface area contributed by atoms with E-state index >= 15 is 0 Å². The third-order valence-corrected chi connectivity index (χ3v) is 3.56. The molecule has 1 aliphatic carbocycles.